The van der Waals surface area contributed by atoms with Gasteiger partial charge in [-0.2, -0.15) is 0 Å². The van der Waals surface area contributed by atoms with Crippen LogP contribution >= 0.6 is 11.6 Å². The Kier molecular flexibility index (Phi) is 5.06. The molecule has 0 bridgehead atoms. The van der Waals surface area contributed by atoms with Gasteiger partial charge >= 0.3 is 0 Å². The Morgan fingerprint density at radius 3 is 2.58 bits per heavy atom. The van der Waals surface area contributed by atoms with Crippen LogP contribution in [0.5, 0.6) is 0 Å². The van der Waals surface area contributed by atoms with Gasteiger partial charge in [0.25, 0.3) is 0 Å². The lowest BCUT2D eigenvalue weighted by Gasteiger charge is -2.18. The minimum Gasteiger partial charge on any atom is -0.464 e. The van der Waals surface area contributed by atoms with Crippen LogP contribution in [0.15, 0.2) is 40.8 Å². The van der Waals surface area contributed by atoms with Crippen LogP contribution in [0.3, 0.4) is 0 Å². The molecule has 19 heavy (non-hydrogen) atoms. The quantitative estimate of drug-likeness (QED) is 0.836. The molecule has 102 valence electrons. The van der Waals surface area contributed by atoms with E-state index in [1.54, 1.807) is 0 Å². The van der Waals surface area contributed by atoms with Gasteiger partial charge in [-0.05, 0) is 36.7 Å². The first-order chi connectivity index (χ1) is 9.26. The number of furan rings is 1. The number of hydrogen-bond acceptors (Lipinski definition) is 2. The summed E-state index contributed by atoms with van der Waals surface area (Å²) >= 11 is 6.31. The molecular weight excluding hydrogens is 258 g/mol. The molecule has 2 rings (SSSR count). The van der Waals surface area contributed by atoms with Crippen molar-refractivity contribution >= 4 is 11.6 Å². The first-order valence-electron chi connectivity index (χ1n) is 6.82. The van der Waals surface area contributed by atoms with Crippen LogP contribution in [0.1, 0.15) is 43.4 Å². The molecule has 0 aliphatic heterocycles. The third-order valence-corrected chi connectivity index (χ3v) is 3.47. The molecule has 2 aromatic rings. The van der Waals surface area contributed by atoms with Crippen LogP contribution in [0, 0.1) is 0 Å². The summed E-state index contributed by atoms with van der Waals surface area (Å²) in [6.07, 6.45) is 1.98. The van der Waals surface area contributed by atoms with Gasteiger partial charge in [0.1, 0.15) is 11.5 Å². The summed E-state index contributed by atoms with van der Waals surface area (Å²) in [5.41, 5.74) is 1.06. The highest BCUT2D eigenvalue weighted by molar-refractivity contribution is 6.31. The Hall–Kier alpha value is -1.25. The molecule has 0 aliphatic rings. The van der Waals surface area contributed by atoms with Gasteiger partial charge in [0.15, 0.2) is 0 Å². The fourth-order valence-corrected chi connectivity index (χ4v) is 2.35. The zero-order chi connectivity index (χ0) is 13.7. The standard InChI is InChI=1S/C16H20ClNO/c1-3-11-18-16(13-7-5-6-8-14(13)17)15-10-9-12(4-2)19-15/h5-10,16,18H,3-4,11H2,1-2H3. The van der Waals surface area contributed by atoms with Gasteiger partial charge in [-0.3, -0.25) is 0 Å². The second-order valence-corrected chi connectivity index (χ2v) is 4.97. The molecule has 1 atom stereocenters. The lowest BCUT2D eigenvalue weighted by molar-refractivity contribution is 0.422. The van der Waals surface area contributed by atoms with Crippen molar-refractivity contribution in [3.63, 3.8) is 0 Å². The molecule has 0 saturated heterocycles. The predicted octanol–water partition coefficient (Wildman–Crippen LogP) is 4.58. The monoisotopic (exact) mass is 277 g/mol. The average Bonchev–Trinajstić information content (AvgIpc) is 2.90. The normalized spacial score (nSPS) is 12.6. The summed E-state index contributed by atoms with van der Waals surface area (Å²) in [5, 5.41) is 4.27. The van der Waals surface area contributed by atoms with E-state index in [-0.39, 0.29) is 6.04 Å². The maximum Gasteiger partial charge on any atom is 0.125 e. The maximum absolute atomic E-state index is 6.31. The van der Waals surface area contributed by atoms with E-state index in [9.17, 15) is 0 Å². The van der Waals surface area contributed by atoms with Crippen LogP contribution in [0.2, 0.25) is 5.02 Å². The number of halogens is 1. The van der Waals surface area contributed by atoms with E-state index < -0.39 is 0 Å². The number of benzene rings is 1. The van der Waals surface area contributed by atoms with Crippen molar-refractivity contribution in [3.8, 4) is 0 Å². The fourth-order valence-electron chi connectivity index (χ4n) is 2.10. The summed E-state index contributed by atoms with van der Waals surface area (Å²) in [5.74, 6) is 1.93. The van der Waals surface area contributed by atoms with E-state index in [0.29, 0.717) is 0 Å². The molecule has 0 spiro atoms. The van der Waals surface area contributed by atoms with Crippen molar-refractivity contribution in [1.82, 2.24) is 5.32 Å². The third-order valence-electron chi connectivity index (χ3n) is 3.13. The third kappa shape index (κ3) is 3.40. The second kappa shape index (κ2) is 6.78. The van der Waals surface area contributed by atoms with Gasteiger partial charge < -0.3 is 9.73 Å². The van der Waals surface area contributed by atoms with Gasteiger partial charge in [-0.15, -0.1) is 0 Å². The van der Waals surface area contributed by atoms with Crippen LogP contribution in [0.4, 0.5) is 0 Å². The highest BCUT2D eigenvalue weighted by Gasteiger charge is 2.19. The van der Waals surface area contributed by atoms with E-state index in [2.05, 4.69) is 19.2 Å². The number of nitrogens with one attached hydrogen (secondary N) is 1. The summed E-state index contributed by atoms with van der Waals surface area (Å²) in [6.45, 7) is 5.17. The van der Waals surface area contributed by atoms with Crippen molar-refractivity contribution in [1.29, 1.82) is 0 Å². The largest absolute Gasteiger partial charge is 0.464 e. The Balaban J connectivity index is 2.32. The molecular formula is C16H20ClNO. The maximum atomic E-state index is 6.31. The van der Waals surface area contributed by atoms with E-state index >= 15 is 0 Å². The van der Waals surface area contributed by atoms with Crippen molar-refractivity contribution in [2.75, 3.05) is 6.54 Å². The Labute approximate surface area is 119 Å². The van der Waals surface area contributed by atoms with Gasteiger partial charge in [0.2, 0.25) is 0 Å². The fraction of sp³-hybridized carbons (Fsp3) is 0.375. The smallest absolute Gasteiger partial charge is 0.125 e. The average molecular weight is 278 g/mol. The number of aryl methyl sites for hydroxylation is 1. The summed E-state index contributed by atoms with van der Waals surface area (Å²) in [4.78, 5) is 0. The highest BCUT2D eigenvalue weighted by atomic mass is 35.5. The van der Waals surface area contributed by atoms with E-state index in [4.69, 9.17) is 16.0 Å². The SMILES string of the molecule is CCCNC(c1ccc(CC)o1)c1ccccc1Cl. The summed E-state index contributed by atoms with van der Waals surface area (Å²) < 4.78 is 5.88. The van der Waals surface area contributed by atoms with Crippen LogP contribution in [-0.4, -0.2) is 6.54 Å². The first-order valence-corrected chi connectivity index (χ1v) is 7.20. The Bertz CT molecular complexity index is 521. The van der Waals surface area contributed by atoms with Crippen LogP contribution in [0.25, 0.3) is 0 Å². The summed E-state index contributed by atoms with van der Waals surface area (Å²) in [6, 6.07) is 12.0. The van der Waals surface area contributed by atoms with Crippen molar-refractivity contribution in [2.24, 2.45) is 0 Å². The molecule has 1 aromatic heterocycles. The van der Waals surface area contributed by atoms with Crippen molar-refractivity contribution in [2.45, 2.75) is 32.7 Å². The molecule has 1 aromatic carbocycles. The zero-order valence-corrected chi connectivity index (χ0v) is 12.2. The van der Waals surface area contributed by atoms with Crippen LogP contribution in [-0.2, 0) is 6.42 Å². The van der Waals surface area contributed by atoms with Gasteiger partial charge in [0, 0.05) is 11.4 Å². The minimum absolute atomic E-state index is 0.0222. The Morgan fingerprint density at radius 1 is 1.16 bits per heavy atom. The van der Waals surface area contributed by atoms with E-state index in [1.165, 1.54) is 0 Å². The lowest BCUT2D eigenvalue weighted by atomic mass is 10.0. The molecule has 0 radical (unpaired) electrons. The molecule has 1 N–H and O–H groups in total. The topological polar surface area (TPSA) is 25.2 Å². The first kappa shape index (κ1) is 14.2. The zero-order valence-electron chi connectivity index (χ0n) is 11.4. The molecule has 2 nitrogen and oxygen atoms in total. The Morgan fingerprint density at radius 2 is 1.95 bits per heavy atom. The number of rotatable bonds is 6. The molecule has 3 heteroatoms. The highest BCUT2D eigenvalue weighted by Crippen LogP contribution is 2.29. The van der Waals surface area contributed by atoms with Gasteiger partial charge in [-0.1, -0.05) is 43.6 Å². The number of hydrogen-bond donors (Lipinski definition) is 1. The molecule has 1 heterocycles. The second-order valence-electron chi connectivity index (χ2n) is 4.57. The lowest BCUT2D eigenvalue weighted by Crippen LogP contribution is -2.23. The molecule has 0 saturated carbocycles. The van der Waals surface area contributed by atoms with E-state index in [0.717, 1.165) is 41.5 Å². The van der Waals surface area contributed by atoms with Crippen molar-refractivity contribution in [3.05, 3.63) is 58.5 Å². The van der Waals surface area contributed by atoms with Gasteiger partial charge in [-0.25, -0.2) is 0 Å². The van der Waals surface area contributed by atoms with E-state index in [1.807, 2.05) is 36.4 Å². The van der Waals surface area contributed by atoms with Crippen molar-refractivity contribution < 1.29 is 4.42 Å². The molecule has 0 fully saturated rings. The minimum atomic E-state index is 0.0222. The summed E-state index contributed by atoms with van der Waals surface area (Å²) in [7, 11) is 0. The van der Waals surface area contributed by atoms with Crippen LogP contribution < -0.4 is 5.32 Å². The molecule has 0 aliphatic carbocycles. The van der Waals surface area contributed by atoms with Gasteiger partial charge in [0.05, 0.1) is 6.04 Å². The predicted molar refractivity (Wildman–Crippen MR) is 79.7 cm³/mol. The molecule has 1 unspecified atom stereocenters. The molecule has 0 amide bonds.